The van der Waals surface area contributed by atoms with Crippen molar-refractivity contribution >= 4 is 35.1 Å². The third-order valence-corrected chi connectivity index (χ3v) is 3.39. The number of ether oxygens (including phenoxy) is 1. The van der Waals surface area contributed by atoms with E-state index in [1.165, 1.54) is 5.56 Å². The van der Waals surface area contributed by atoms with Gasteiger partial charge in [-0.15, -0.1) is 0 Å². The first-order chi connectivity index (χ1) is 10.5. The van der Waals surface area contributed by atoms with Crippen LogP contribution in [0.4, 0.5) is 5.69 Å². The Balaban J connectivity index is 2.09. The minimum absolute atomic E-state index is 0.0118. The lowest BCUT2D eigenvalue weighted by Gasteiger charge is -2.13. The molecule has 0 atom stereocenters. The average molecular weight is 337 g/mol. The molecule has 0 radical (unpaired) electrons. The van der Waals surface area contributed by atoms with Crippen molar-refractivity contribution in [3.05, 3.63) is 57.6 Å². The van der Waals surface area contributed by atoms with Gasteiger partial charge in [0.05, 0.1) is 28.1 Å². The second-order valence-electron chi connectivity index (χ2n) is 5.22. The molecule has 0 aliphatic carbocycles. The van der Waals surface area contributed by atoms with Gasteiger partial charge in [0.25, 0.3) is 0 Å². The number of nitrogens with one attached hydrogen (secondary N) is 1. The van der Waals surface area contributed by atoms with Gasteiger partial charge in [-0.2, -0.15) is 5.10 Å². The Labute approximate surface area is 140 Å². The summed E-state index contributed by atoms with van der Waals surface area (Å²) in [5.41, 5.74) is 5.87. The van der Waals surface area contributed by atoms with E-state index in [-0.39, 0.29) is 6.10 Å². The Morgan fingerprint density at radius 2 is 1.68 bits per heavy atom. The Kier molecular flexibility index (Phi) is 5.69. The largest absolute Gasteiger partial charge is 0.488 e. The predicted octanol–water partition coefficient (Wildman–Crippen LogP) is 5.54. The molecule has 0 amide bonds. The van der Waals surface area contributed by atoms with E-state index in [4.69, 9.17) is 27.9 Å². The smallest absolute Gasteiger partial charge is 0.156 e. The van der Waals surface area contributed by atoms with Gasteiger partial charge in [0.1, 0.15) is 0 Å². The summed E-state index contributed by atoms with van der Waals surface area (Å²) >= 11 is 12.4. The van der Waals surface area contributed by atoms with Crippen LogP contribution in [0.2, 0.25) is 10.0 Å². The highest BCUT2D eigenvalue weighted by Gasteiger charge is 2.10. The van der Waals surface area contributed by atoms with Gasteiger partial charge < -0.3 is 4.74 Å². The van der Waals surface area contributed by atoms with Crippen molar-refractivity contribution in [1.82, 2.24) is 0 Å². The van der Waals surface area contributed by atoms with Crippen LogP contribution in [0.15, 0.2) is 41.5 Å². The summed E-state index contributed by atoms with van der Waals surface area (Å²) < 4.78 is 5.59. The lowest BCUT2D eigenvalue weighted by molar-refractivity contribution is 0.243. The molecule has 0 fully saturated rings. The molecule has 2 rings (SSSR count). The number of hydrogen-bond donors (Lipinski definition) is 1. The lowest BCUT2D eigenvalue weighted by Crippen LogP contribution is -2.06. The van der Waals surface area contributed by atoms with E-state index >= 15 is 0 Å². The van der Waals surface area contributed by atoms with Crippen molar-refractivity contribution in [2.45, 2.75) is 26.9 Å². The van der Waals surface area contributed by atoms with E-state index < -0.39 is 0 Å². The molecule has 3 nitrogen and oxygen atoms in total. The van der Waals surface area contributed by atoms with Gasteiger partial charge in [-0.1, -0.05) is 40.9 Å². The van der Waals surface area contributed by atoms with E-state index in [0.717, 1.165) is 11.3 Å². The normalized spacial score (nSPS) is 11.2. The van der Waals surface area contributed by atoms with Crippen molar-refractivity contribution in [2.24, 2.45) is 5.10 Å². The van der Waals surface area contributed by atoms with Crippen LogP contribution < -0.4 is 10.2 Å². The number of aryl methyl sites for hydroxylation is 1. The highest BCUT2D eigenvalue weighted by atomic mass is 35.5. The fraction of sp³-hybridized carbons (Fsp3) is 0.235. The molecule has 0 bridgehead atoms. The van der Waals surface area contributed by atoms with E-state index in [1.54, 1.807) is 18.3 Å². The molecule has 0 aromatic heterocycles. The third kappa shape index (κ3) is 4.65. The molecule has 0 spiro atoms. The predicted molar refractivity (Wildman–Crippen MR) is 94.6 cm³/mol. The minimum atomic E-state index is 0.0118. The van der Waals surface area contributed by atoms with Crippen LogP contribution in [0.25, 0.3) is 0 Å². The number of anilines is 1. The van der Waals surface area contributed by atoms with E-state index in [9.17, 15) is 0 Å². The molecule has 0 saturated carbocycles. The topological polar surface area (TPSA) is 33.6 Å². The van der Waals surface area contributed by atoms with Crippen LogP contribution >= 0.6 is 23.2 Å². The molecule has 0 aliphatic heterocycles. The van der Waals surface area contributed by atoms with Gasteiger partial charge in [0, 0.05) is 0 Å². The second kappa shape index (κ2) is 7.52. The first kappa shape index (κ1) is 16.7. The Hall–Kier alpha value is -1.71. The lowest BCUT2D eigenvalue weighted by atomic mass is 10.2. The molecule has 22 heavy (non-hydrogen) atoms. The maximum Gasteiger partial charge on any atom is 0.156 e. The zero-order chi connectivity index (χ0) is 16.1. The summed E-state index contributed by atoms with van der Waals surface area (Å²) in [5, 5.41) is 5.12. The average Bonchev–Trinajstić information content (AvgIpc) is 2.45. The van der Waals surface area contributed by atoms with Crippen LogP contribution in [-0.2, 0) is 0 Å². The Morgan fingerprint density at radius 3 is 2.23 bits per heavy atom. The SMILES string of the molecule is Cc1ccc(N/N=C/c2cc(Cl)c(OC(C)C)c(Cl)c2)cc1. The molecular weight excluding hydrogens is 319 g/mol. The fourth-order valence-electron chi connectivity index (χ4n) is 1.81. The molecule has 1 N–H and O–H groups in total. The zero-order valence-electron chi connectivity index (χ0n) is 12.7. The summed E-state index contributed by atoms with van der Waals surface area (Å²) in [4.78, 5) is 0. The van der Waals surface area contributed by atoms with Gasteiger partial charge in [0.15, 0.2) is 5.75 Å². The van der Waals surface area contributed by atoms with Crippen LogP contribution in [0.3, 0.4) is 0 Å². The molecule has 5 heteroatoms. The molecule has 0 heterocycles. The molecule has 2 aromatic rings. The maximum absolute atomic E-state index is 6.20. The fourth-order valence-corrected chi connectivity index (χ4v) is 2.40. The number of hydrazone groups is 1. The molecule has 2 aromatic carbocycles. The third-order valence-electron chi connectivity index (χ3n) is 2.83. The van der Waals surface area contributed by atoms with Crippen LogP contribution in [-0.4, -0.2) is 12.3 Å². The summed E-state index contributed by atoms with van der Waals surface area (Å²) in [7, 11) is 0. The second-order valence-corrected chi connectivity index (χ2v) is 6.03. The summed E-state index contributed by atoms with van der Waals surface area (Å²) in [6.07, 6.45) is 1.68. The van der Waals surface area contributed by atoms with Gasteiger partial charge >= 0.3 is 0 Å². The summed E-state index contributed by atoms with van der Waals surface area (Å²) in [6.45, 7) is 5.89. The molecule has 0 saturated heterocycles. The Morgan fingerprint density at radius 1 is 1.09 bits per heavy atom. The van der Waals surface area contributed by atoms with Gasteiger partial charge in [-0.05, 0) is 50.6 Å². The Bertz CT molecular complexity index is 644. The van der Waals surface area contributed by atoms with Crippen molar-refractivity contribution < 1.29 is 4.74 Å². The molecule has 116 valence electrons. The molecule has 0 unspecified atom stereocenters. The molecular formula is C17H18Cl2N2O. The van der Waals surface area contributed by atoms with E-state index in [2.05, 4.69) is 10.5 Å². The standard InChI is InChI=1S/C17H18Cl2N2O/c1-11(2)22-17-15(18)8-13(9-16(17)19)10-20-21-14-6-4-12(3)5-7-14/h4-11,21H,1-3H3/b20-10+. The number of halogens is 2. The highest BCUT2D eigenvalue weighted by molar-refractivity contribution is 6.37. The van der Waals surface area contributed by atoms with Crippen molar-refractivity contribution in [3.8, 4) is 5.75 Å². The minimum Gasteiger partial charge on any atom is -0.488 e. The molecule has 0 aliphatic rings. The van der Waals surface area contributed by atoms with Crippen molar-refractivity contribution in [2.75, 3.05) is 5.43 Å². The van der Waals surface area contributed by atoms with Crippen LogP contribution in [0.1, 0.15) is 25.0 Å². The number of benzene rings is 2. The summed E-state index contributed by atoms with van der Waals surface area (Å²) in [5.74, 6) is 0.502. The van der Waals surface area contributed by atoms with E-state index in [0.29, 0.717) is 15.8 Å². The van der Waals surface area contributed by atoms with Crippen molar-refractivity contribution in [3.63, 3.8) is 0 Å². The van der Waals surface area contributed by atoms with Crippen LogP contribution in [0, 0.1) is 6.92 Å². The maximum atomic E-state index is 6.20. The van der Waals surface area contributed by atoms with Gasteiger partial charge in [-0.25, -0.2) is 0 Å². The number of rotatable bonds is 5. The first-order valence-corrected chi connectivity index (χ1v) is 7.72. The number of hydrogen-bond acceptors (Lipinski definition) is 3. The van der Waals surface area contributed by atoms with Crippen LogP contribution in [0.5, 0.6) is 5.75 Å². The van der Waals surface area contributed by atoms with Crippen molar-refractivity contribution in [1.29, 1.82) is 0 Å². The van der Waals surface area contributed by atoms with Gasteiger partial charge in [0.2, 0.25) is 0 Å². The quantitative estimate of drug-likeness (QED) is 0.574. The summed E-state index contributed by atoms with van der Waals surface area (Å²) in [6, 6.07) is 11.5. The van der Waals surface area contributed by atoms with Gasteiger partial charge in [-0.3, -0.25) is 5.43 Å². The van der Waals surface area contributed by atoms with E-state index in [1.807, 2.05) is 45.0 Å². The first-order valence-electron chi connectivity index (χ1n) is 6.97. The highest BCUT2D eigenvalue weighted by Crippen LogP contribution is 2.34. The monoisotopic (exact) mass is 336 g/mol. The zero-order valence-corrected chi connectivity index (χ0v) is 14.2. The number of nitrogens with zero attached hydrogens (tertiary/aromatic N) is 1.